The van der Waals surface area contributed by atoms with Crippen molar-refractivity contribution in [3.63, 3.8) is 0 Å². The number of nitrogens with two attached hydrogens (primary N) is 1. The van der Waals surface area contributed by atoms with Crippen molar-refractivity contribution in [3.8, 4) is 28.4 Å². The number of nitrogens with one attached hydrogen (secondary N) is 1. The lowest BCUT2D eigenvalue weighted by atomic mass is 10.00. The molecule has 4 aromatic rings. The molecule has 240 valence electrons. The zero-order valence-electron chi connectivity index (χ0n) is 24.8. The van der Waals surface area contributed by atoms with Crippen LogP contribution in [0.4, 0.5) is 15.9 Å². The summed E-state index contributed by atoms with van der Waals surface area (Å²) in [6.45, 7) is 5.81. The maximum Gasteiger partial charge on any atom is 0.263 e. The van der Waals surface area contributed by atoms with Crippen molar-refractivity contribution in [2.75, 3.05) is 49.7 Å². The van der Waals surface area contributed by atoms with Gasteiger partial charge in [0.15, 0.2) is 11.5 Å². The van der Waals surface area contributed by atoms with E-state index < -0.39 is 23.5 Å². The minimum Gasteiger partial charge on any atom is -0.504 e. The molecule has 46 heavy (non-hydrogen) atoms. The molecule has 14 nitrogen and oxygen atoms in total. The number of carbonyl (C=O) groups excluding carboxylic acids is 2. The van der Waals surface area contributed by atoms with Crippen molar-refractivity contribution >= 4 is 46.0 Å². The predicted molar refractivity (Wildman–Crippen MR) is 166 cm³/mol. The number of carbonyl (C=O) groups is 2. The highest BCUT2D eigenvalue weighted by Crippen LogP contribution is 2.50. The number of halogens is 2. The Morgan fingerprint density at radius 2 is 1.87 bits per heavy atom. The van der Waals surface area contributed by atoms with E-state index in [9.17, 15) is 23.9 Å². The number of hydrogen-bond acceptors (Lipinski definition) is 10. The Balaban J connectivity index is 1.27. The Kier molecular flexibility index (Phi) is 7.44. The van der Waals surface area contributed by atoms with Crippen LogP contribution in [-0.4, -0.2) is 80.4 Å². The summed E-state index contributed by atoms with van der Waals surface area (Å²) in [7, 11) is 0. The van der Waals surface area contributed by atoms with Crippen LogP contribution >= 0.6 is 11.6 Å². The topological polar surface area (TPSA) is 170 Å². The highest BCUT2D eigenvalue weighted by atomic mass is 35.5. The zero-order valence-corrected chi connectivity index (χ0v) is 25.6. The largest absolute Gasteiger partial charge is 0.504 e. The van der Waals surface area contributed by atoms with Crippen molar-refractivity contribution in [1.82, 2.24) is 24.0 Å². The molecule has 0 aliphatic carbocycles. The summed E-state index contributed by atoms with van der Waals surface area (Å²) in [5, 5.41) is 13.1. The number of pyridine rings is 1. The number of amides is 2. The van der Waals surface area contributed by atoms with Crippen molar-refractivity contribution in [2.45, 2.75) is 32.9 Å². The summed E-state index contributed by atoms with van der Waals surface area (Å²) in [6.07, 6.45) is 2.85. The van der Waals surface area contributed by atoms with Crippen LogP contribution < -0.4 is 31.0 Å². The van der Waals surface area contributed by atoms with Crippen molar-refractivity contribution in [3.05, 3.63) is 51.0 Å². The lowest BCUT2D eigenvalue weighted by molar-refractivity contribution is -0.116. The van der Waals surface area contributed by atoms with Gasteiger partial charge in [-0.15, -0.1) is 0 Å². The van der Waals surface area contributed by atoms with Gasteiger partial charge < -0.3 is 40.0 Å². The molecule has 0 spiro atoms. The van der Waals surface area contributed by atoms with Gasteiger partial charge in [-0.3, -0.25) is 19.0 Å². The summed E-state index contributed by atoms with van der Waals surface area (Å²) in [6, 6.07) is 2.87. The lowest BCUT2D eigenvalue weighted by Gasteiger charge is -2.35. The van der Waals surface area contributed by atoms with Crippen LogP contribution in [0.5, 0.6) is 17.2 Å². The third-order valence-electron chi connectivity index (χ3n) is 8.64. The first-order valence-corrected chi connectivity index (χ1v) is 15.2. The Morgan fingerprint density at radius 3 is 2.61 bits per heavy atom. The van der Waals surface area contributed by atoms with Crippen molar-refractivity contribution < 1.29 is 28.6 Å². The summed E-state index contributed by atoms with van der Waals surface area (Å²) < 4.78 is 29.0. The molecule has 0 radical (unpaired) electrons. The molecule has 7 rings (SSSR count). The summed E-state index contributed by atoms with van der Waals surface area (Å²) >= 11 is 6.24. The van der Waals surface area contributed by atoms with Gasteiger partial charge in [-0.1, -0.05) is 18.5 Å². The number of primary amides is 1. The fourth-order valence-corrected chi connectivity index (χ4v) is 6.42. The molecule has 1 saturated heterocycles. The second-order valence-electron chi connectivity index (χ2n) is 11.3. The van der Waals surface area contributed by atoms with Crippen LogP contribution in [0.15, 0.2) is 23.1 Å². The Labute approximate surface area is 266 Å². The SMILES string of the molecule is CCN1CCN(c2cc(NC(=O)Cn3cc(-c4cc(C(N)=O)c(O)c5c4OCO5)c4c(=O)n5c(nc43)CCC5)c(Cl)c(F)n2)CC1. The van der Waals surface area contributed by atoms with Crippen molar-refractivity contribution in [1.29, 1.82) is 0 Å². The first-order valence-electron chi connectivity index (χ1n) is 14.9. The molecular weight excluding hydrogens is 623 g/mol. The molecule has 3 aromatic heterocycles. The first-order chi connectivity index (χ1) is 22.1. The van der Waals surface area contributed by atoms with E-state index in [-0.39, 0.29) is 63.3 Å². The molecule has 0 unspecified atom stereocenters. The number of likely N-dealkylation sites (N-methyl/N-ethyl adjacent to an activating group) is 1. The molecule has 0 saturated carbocycles. The normalized spacial score (nSPS) is 15.8. The van der Waals surface area contributed by atoms with Gasteiger partial charge in [0, 0.05) is 62.5 Å². The Bertz CT molecular complexity index is 1990. The van der Waals surface area contributed by atoms with Crippen molar-refractivity contribution in [2.24, 2.45) is 5.73 Å². The summed E-state index contributed by atoms with van der Waals surface area (Å²) in [4.78, 5) is 52.5. The van der Waals surface area contributed by atoms with Crippen LogP contribution in [0.2, 0.25) is 5.02 Å². The maximum atomic E-state index is 14.9. The van der Waals surface area contributed by atoms with Crippen LogP contribution in [0.25, 0.3) is 22.2 Å². The van der Waals surface area contributed by atoms with E-state index in [1.165, 1.54) is 10.6 Å². The van der Waals surface area contributed by atoms with Gasteiger partial charge >= 0.3 is 0 Å². The standard InChI is InChI=1S/C30H30ClFN8O6/c1-2-37-6-8-38(9-7-37)20-11-18(23(31)27(32)35-20)34-21(41)13-39-12-17(22-29(39)36-19-4-3-5-40(19)30(22)44)15-10-16(28(33)43)24(42)26-25(15)45-14-46-26/h10-12,42H,2-9,13-14H2,1H3,(H2,33,43)(H,34,35,41). The number of aryl methyl sites for hydroxylation is 1. The minimum atomic E-state index is -0.913. The number of benzene rings is 1. The number of rotatable bonds is 7. The lowest BCUT2D eigenvalue weighted by Crippen LogP contribution is -2.46. The quantitative estimate of drug-likeness (QED) is 0.252. The van der Waals surface area contributed by atoms with Crippen LogP contribution in [-0.2, 0) is 24.3 Å². The molecule has 3 aliphatic rings. The van der Waals surface area contributed by atoms with Gasteiger partial charge in [-0.2, -0.15) is 4.39 Å². The van der Waals surface area contributed by atoms with E-state index in [1.807, 2.05) is 4.90 Å². The van der Waals surface area contributed by atoms with E-state index in [1.54, 1.807) is 16.8 Å². The first kappa shape index (κ1) is 29.8. The molecule has 1 aromatic carbocycles. The summed E-state index contributed by atoms with van der Waals surface area (Å²) in [5.41, 5.74) is 5.81. The number of piperazine rings is 1. The highest BCUT2D eigenvalue weighted by molar-refractivity contribution is 6.33. The number of nitrogens with zero attached hydrogens (tertiary/aromatic N) is 6. The van der Waals surface area contributed by atoms with Crippen LogP contribution in [0.1, 0.15) is 29.5 Å². The number of phenols is 1. The Hall–Kier alpha value is -4.89. The third-order valence-corrected chi connectivity index (χ3v) is 9.00. The molecule has 2 amide bonds. The smallest absolute Gasteiger partial charge is 0.263 e. The predicted octanol–water partition coefficient (Wildman–Crippen LogP) is 2.31. The maximum absolute atomic E-state index is 14.9. The number of anilines is 2. The summed E-state index contributed by atoms with van der Waals surface area (Å²) in [5.74, 6) is -1.89. The monoisotopic (exact) mass is 652 g/mol. The molecule has 3 aliphatic heterocycles. The number of aromatic hydroxyl groups is 1. The van der Waals surface area contributed by atoms with E-state index in [2.05, 4.69) is 22.1 Å². The highest BCUT2D eigenvalue weighted by Gasteiger charge is 2.31. The molecule has 6 heterocycles. The average Bonchev–Trinajstić information content (AvgIpc) is 3.80. The van der Waals surface area contributed by atoms with Crippen LogP contribution in [0, 0.1) is 5.95 Å². The fraction of sp³-hybridized carbons (Fsp3) is 0.367. The minimum absolute atomic E-state index is 0.0608. The number of fused-ring (bicyclic) bond motifs is 3. The van der Waals surface area contributed by atoms with E-state index >= 15 is 0 Å². The van der Waals surface area contributed by atoms with Gasteiger partial charge in [0.1, 0.15) is 28.9 Å². The molecule has 0 atom stereocenters. The molecule has 1 fully saturated rings. The van der Waals surface area contributed by atoms with Gasteiger partial charge in [-0.25, -0.2) is 9.97 Å². The fourth-order valence-electron chi connectivity index (χ4n) is 6.27. The molecule has 4 N–H and O–H groups in total. The van der Waals surface area contributed by atoms with Gasteiger partial charge in [-0.05, 0) is 19.0 Å². The molecule has 0 bridgehead atoms. The Morgan fingerprint density at radius 1 is 1.11 bits per heavy atom. The zero-order chi connectivity index (χ0) is 32.3. The van der Waals surface area contributed by atoms with Gasteiger partial charge in [0.2, 0.25) is 24.4 Å². The number of ether oxygens (including phenoxy) is 2. The van der Waals surface area contributed by atoms with E-state index in [4.69, 9.17) is 31.8 Å². The second kappa shape index (κ2) is 11.5. The second-order valence-corrected chi connectivity index (χ2v) is 11.7. The van der Waals surface area contributed by atoms with Gasteiger partial charge in [0.25, 0.3) is 11.5 Å². The average molecular weight is 653 g/mol. The third kappa shape index (κ3) is 4.95. The number of aromatic nitrogens is 4. The van der Waals surface area contributed by atoms with E-state index in [0.29, 0.717) is 43.3 Å². The van der Waals surface area contributed by atoms with Gasteiger partial charge in [0.05, 0.1) is 16.6 Å². The molecule has 16 heteroatoms. The molecular formula is C30H30ClFN8O6. The van der Waals surface area contributed by atoms with Crippen LogP contribution in [0.3, 0.4) is 0 Å². The number of hydrogen-bond donors (Lipinski definition) is 3. The van der Waals surface area contributed by atoms with E-state index in [0.717, 1.165) is 26.1 Å².